The number of nitrogens with zero attached hydrogens (tertiary/aromatic N) is 3. The van der Waals surface area contributed by atoms with Crippen LogP contribution in [0.1, 0.15) is 46.1 Å². The number of carbonyl (C=O) groups is 2. The van der Waals surface area contributed by atoms with E-state index in [2.05, 4.69) is 21.7 Å². The topological polar surface area (TPSA) is 116 Å². The highest BCUT2D eigenvalue weighted by Crippen LogP contribution is 2.23. The van der Waals surface area contributed by atoms with Crippen molar-refractivity contribution < 1.29 is 19.1 Å². The largest absolute Gasteiger partial charge is 0.450 e. The Morgan fingerprint density at radius 1 is 1.24 bits per heavy atom. The van der Waals surface area contributed by atoms with E-state index < -0.39 is 18.2 Å². The molecule has 1 fully saturated rings. The molecule has 0 bridgehead atoms. The fourth-order valence-corrected chi connectivity index (χ4v) is 3.54. The molecule has 1 aliphatic heterocycles. The van der Waals surface area contributed by atoms with E-state index in [-0.39, 0.29) is 23.9 Å². The first kappa shape index (κ1) is 27.1. The van der Waals surface area contributed by atoms with Gasteiger partial charge in [-0.2, -0.15) is 5.26 Å². The summed E-state index contributed by atoms with van der Waals surface area (Å²) < 4.78 is 10.4. The summed E-state index contributed by atoms with van der Waals surface area (Å²) in [6, 6.07) is 10.6. The number of alkyl carbamates (subject to hydrolysis) is 1. The van der Waals surface area contributed by atoms with Crippen molar-refractivity contribution in [2.24, 2.45) is 10.4 Å². The summed E-state index contributed by atoms with van der Waals surface area (Å²) in [5, 5.41) is 15.2. The number of hydrogen-bond donors (Lipinski definition) is 2. The Bertz CT molecular complexity index is 854. The van der Waals surface area contributed by atoms with Crippen molar-refractivity contribution in [1.29, 1.82) is 5.26 Å². The maximum absolute atomic E-state index is 13.3. The lowest BCUT2D eigenvalue weighted by Gasteiger charge is -2.31. The van der Waals surface area contributed by atoms with Crippen LogP contribution in [0.5, 0.6) is 0 Å². The zero-order valence-electron chi connectivity index (χ0n) is 20.7. The summed E-state index contributed by atoms with van der Waals surface area (Å²) in [6.45, 7) is 10.1. The van der Waals surface area contributed by atoms with Crippen LogP contribution in [0.25, 0.3) is 0 Å². The SMILES string of the molecule is CCOC(=O)NC(=N[C@@H](CC(C)(C)C)C(=O)N[C@H](C#N)CCc1ccccc1)N1CCOCC1. The first-order valence-corrected chi connectivity index (χ1v) is 11.8. The van der Waals surface area contributed by atoms with Gasteiger partial charge in [0.25, 0.3) is 0 Å². The minimum atomic E-state index is -0.785. The van der Waals surface area contributed by atoms with Crippen LogP contribution in [-0.2, 0) is 20.7 Å². The van der Waals surface area contributed by atoms with Crippen LogP contribution in [0, 0.1) is 16.7 Å². The quantitative estimate of drug-likeness (QED) is 0.445. The second kappa shape index (κ2) is 13.6. The van der Waals surface area contributed by atoms with Gasteiger partial charge in [0.15, 0.2) is 0 Å². The van der Waals surface area contributed by atoms with E-state index in [0.29, 0.717) is 45.6 Å². The van der Waals surface area contributed by atoms with Crippen molar-refractivity contribution in [3.05, 3.63) is 35.9 Å². The maximum atomic E-state index is 13.3. The maximum Gasteiger partial charge on any atom is 0.413 e. The van der Waals surface area contributed by atoms with E-state index in [1.165, 1.54) is 0 Å². The summed E-state index contributed by atoms with van der Waals surface area (Å²) in [7, 11) is 0. The monoisotopic (exact) mass is 471 g/mol. The van der Waals surface area contributed by atoms with E-state index in [1.807, 2.05) is 56.0 Å². The molecule has 186 valence electrons. The molecule has 0 spiro atoms. The van der Waals surface area contributed by atoms with Crippen molar-refractivity contribution in [3.8, 4) is 6.07 Å². The number of morpholine rings is 1. The van der Waals surface area contributed by atoms with Gasteiger partial charge in [0.1, 0.15) is 12.1 Å². The normalized spacial score (nSPS) is 16.2. The van der Waals surface area contributed by atoms with Gasteiger partial charge in [0.2, 0.25) is 11.9 Å². The smallest absolute Gasteiger partial charge is 0.413 e. The number of benzene rings is 1. The van der Waals surface area contributed by atoms with Gasteiger partial charge in [0.05, 0.1) is 25.9 Å². The summed E-state index contributed by atoms with van der Waals surface area (Å²) in [4.78, 5) is 32.0. The van der Waals surface area contributed by atoms with Gasteiger partial charge >= 0.3 is 6.09 Å². The second-order valence-corrected chi connectivity index (χ2v) is 9.39. The van der Waals surface area contributed by atoms with Gasteiger partial charge in [-0.25, -0.2) is 9.79 Å². The summed E-state index contributed by atoms with van der Waals surface area (Å²) in [6.07, 6.45) is 0.986. The van der Waals surface area contributed by atoms with E-state index in [0.717, 1.165) is 5.56 Å². The van der Waals surface area contributed by atoms with Gasteiger partial charge in [-0.05, 0) is 37.2 Å². The van der Waals surface area contributed by atoms with E-state index in [4.69, 9.17) is 9.47 Å². The van der Waals surface area contributed by atoms with Gasteiger partial charge in [0, 0.05) is 13.1 Å². The number of amides is 2. The summed E-state index contributed by atoms with van der Waals surface area (Å²) in [5.74, 6) is -0.0603. The lowest BCUT2D eigenvalue weighted by molar-refractivity contribution is -0.123. The van der Waals surface area contributed by atoms with Crippen LogP contribution >= 0.6 is 0 Å². The molecule has 2 N–H and O–H groups in total. The highest BCUT2D eigenvalue weighted by Gasteiger charge is 2.29. The zero-order valence-corrected chi connectivity index (χ0v) is 20.7. The molecule has 0 aromatic heterocycles. The molecule has 2 amide bonds. The molecule has 2 rings (SSSR count). The average molecular weight is 472 g/mol. The van der Waals surface area contributed by atoms with Crippen molar-refractivity contribution in [2.45, 2.75) is 59.0 Å². The predicted molar refractivity (Wildman–Crippen MR) is 130 cm³/mol. The molecule has 1 aromatic rings. The number of aliphatic imine (C=N–C) groups is 1. The third-order valence-corrected chi connectivity index (χ3v) is 5.22. The Morgan fingerprint density at radius 3 is 2.50 bits per heavy atom. The number of rotatable bonds is 8. The molecular formula is C25H37N5O4. The number of nitriles is 1. The second-order valence-electron chi connectivity index (χ2n) is 9.39. The third kappa shape index (κ3) is 9.79. The van der Waals surface area contributed by atoms with Crippen LogP contribution in [0.15, 0.2) is 35.3 Å². The molecule has 0 saturated carbocycles. The number of nitrogens with one attached hydrogen (secondary N) is 2. The Morgan fingerprint density at radius 2 is 1.91 bits per heavy atom. The fraction of sp³-hybridized carbons (Fsp3) is 0.600. The molecule has 1 aliphatic rings. The molecule has 0 unspecified atom stereocenters. The Hall–Kier alpha value is -3.12. The first-order chi connectivity index (χ1) is 16.2. The minimum Gasteiger partial charge on any atom is -0.450 e. The van der Waals surface area contributed by atoms with Crippen molar-refractivity contribution >= 4 is 18.0 Å². The highest BCUT2D eigenvalue weighted by atomic mass is 16.5. The highest BCUT2D eigenvalue weighted by molar-refractivity contribution is 5.96. The molecular weight excluding hydrogens is 434 g/mol. The van der Waals surface area contributed by atoms with Gasteiger partial charge < -0.3 is 19.7 Å². The number of hydrogen-bond acceptors (Lipinski definition) is 6. The lowest BCUT2D eigenvalue weighted by Crippen LogP contribution is -2.51. The Kier molecular flexibility index (Phi) is 10.8. The molecule has 2 atom stereocenters. The van der Waals surface area contributed by atoms with E-state index >= 15 is 0 Å². The van der Waals surface area contributed by atoms with Crippen LogP contribution in [-0.4, -0.2) is 67.9 Å². The minimum absolute atomic E-state index is 0.211. The van der Waals surface area contributed by atoms with Gasteiger partial charge in [-0.15, -0.1) is 0 Å². The molecule has 1 heterocycles. The van der Waals surface area contributed by atoms with Gasteiger partial charge in [-0.3, -0.25) is 10.1 Å². The molecule has 0 aliphatic carbocycles. The van der Waals surface area contributed by atoms with Crippen molar-refractivity contribution in [3.63, 3.8) is 0 Å². The molecule has 34 heavy (non-hydrogen) atoms. The van der Waals surface area contributed by atoms with Crippen molar-refractivity contribution in [1.82, 2.24) is 15.5 Å². The molecule has 0 radical (unpaired) electrons. The van der Waals surface area contributed by atoms with Gasteiger partial charge in [-0.1, -0.05) is 51.1 Å². The molecule has 9 heteroatoms. The lowest BCUT2D eigenvalue weighted by atomic mass is 9.88. The number of ether oxygens (including phenoxy) is 2. The summed E-state index contributed by atoms with van der Waals surface area (Å²) in [5.41, 5.74) is 0.895. The first-order valence-electron chi connectivity index (χ1n) is 11.8. The van der Waals surface area contributed by atoms with Crippen LogP contribution in [0.2, 0.25) is 0 Å². The molecule has 9 nitrogen and oxygen atoms in total. The average Bonchev–Trinajstić information content (AvgIpc) is 2.81. The summed E-state index contributed by atoms with van der Waals surface area (Å²) >= 11 is 0. The Balaban J connectivity index is 2.20. The third-order valence-electron chi connectivity index (χ3n) is 5.22. The zero-order chi connectivity index (χ0) is 25.0. The fourth-order valence-electron chi connectivity index (χ4n) is 3.54. The van der Waals surface area contributed by atoms with Crippen LogP contribution in [0.3, 0.4) is 0 Å². The molecule has 1 saturated heterocycles. The van der Waals surface area contributed by atoms with Crippen LogP contribution in [0.4, 0.5) is 4.79 Å². The predicted octanol–water partition coefficient (Wildman–Crippen LogP) is 2.87. The Labute approximate surface area is 202 Å². The van der Waals surface area contributed by atoms with Crippen LogP contribution < -0.4 is 10.6 Å². The van der Waals surface area contributed by atoms with E-state index in [1.54, 1.807) is 6.92 Å². The standard InChI is InChI=1S/C25H37N5O4/c1-5-34-24(32)29-23(30-13-15-33-16-14-30)28-21(17-25(2,3)4)22(31)27-20(18-26)12-11-19-9-7-6-8-10-19/h6-10,20-21H,5,11-17H2,1-4H3,(H,27,31)(H,28,29,32)/t20-,21-/m0/s1. The van der Waals surface area contributed by atoms with Crippen molar-refractivity contribution in [2.75, 3.05) is 32.9 Å². The molecule has 1 aromatic carbocycles. The van der Waals surface area contributed by atoms with E-state index in [9.17, 15) is 14.9 Å². The number of aryl methyl sites for hydroxylation is 1. The number of carbonyl (C=O) groups excluding carboxylic acids is 2. The number of guanidine groups is 1.